The Morgan fingerprint density at radius 3 is 2.50 bits per heavy atom. The van der Waals surface area contributed by atoms with Crippen molar-refractivity contribution in [2.75, 3.05) is 4.90 Å². The van der Waals surface area contributed by atoms with Gasteiger partial charge in [0.15, 0.2) is 0 Å². The van der Waals surface area contributed by atoms with Gasteiger partial charge < -0.3 is 14.6 Å². The van der Waals surface area contributed by atoms with Crippen LogP contribution < -0.4 is 9.62 Å². The summed E-state index contributed by atoms with van der Waals surface area (Å²) in [6.07, 6.45) is 4.63. The maximum atomic E-state index is 13.6. The predicted octanol–water partition coefficient (Wildman–Crippen LogP) is 4.09. The van der Waals surface area contributed by atoms with Gasteiger partial charge in [0.05, 0.1) is 23.6 Å². The SMILES string of the molecule is CCc1ccc(S(=O)(=O)NC2c3cc(N(Cc4nccn4C)C(=O)CCc4ccccc4)ccc3C[C@H]2O)cc1. The lowest BCUT2D eigenvalue weighted by molar-refractivity contribution is -0.118. The van der Waals surface area contributed by atoms with E-state index in [0.29, 0.717) is 30.5 Å². The third kappa shape index (κ3) is 6.01. The highest BCUT2D eigenvalue weighted by molar-refractivity contribution is 7.89. The first-order valence-corrected chi connectivity index (χ1v) is 15.0. The lowest BCUT2D eigenvalue weighted by Crippen LogP contribution is -2.34. The second-order valence-corrected chi connectivity index (χ2v) is 11.9. The first-order valence-electron chi connectivity index (χ1n) is 13.5. The number of aliphatic hydroxyl groups is 1. The van der Waals surface area contributed by atoms with Crippen molar-refractivity contribution >= 4 is 21.6 Å². The van der Waals surface area contributed by atoms with Gasteiger partial charge in [-0.1, -0.05) is 55.5 Å². The minimum Gasteiger partial charge on any atom is -0.391 e. The third-order valence-corrected chi connectivity index (χ3v) is 8.96. The van der Waals surface area contributed by atoms with Crippen LogP contribution in [-0.2, 0) is 47.7 Å². The van der Waals surface area contributed by atoms with Crippen molar-refractivity contribution in [3.8, 4) is 0 Å². The molecule has 1 aliphatic rings. The molecule has 208 valence electrons. The molecule has 0 aliphatic heterocycles. The van der Waals surface area contributed by atoms with Gasteiger partial charge in [0.25, 0.3) is 0 Å². The number of aromatic nitrogens is 2. The Morgan fingerprint density at radius 1 is 1.07 bits per heavy atom. The molecule has 0 spiro atoms. The summed E-state index contributed by atoms with van der Waals surface area (Å²) in [5.74, 6) is 0.653. The first-order chi connectivity index (χ1) is 19.2. The molecule has 0 saturated carbocycles. The van der Waals surface area contributed by atoms with Crippen LogP contribution >= 0.6 is 0 Å². The van der Waals surface area contributed by atoms with E-state index >= 15 is 0 Å². The molecule has 0 bridgehead atoms. The summed E-state index contributed by atoms with van der Waals surface area (Å²) in [5, 5.41) is 10.9. The van der Waals surface area contributed by atoms with Crippen molar-refractivity contribution in [2.24, 2.45) is 7.05 Å². The van der Waals surface area contributed by atoms with Crippen molar-refractivity contribution in [1.29, 1.82) is 0 Å². The molecule has 8 nitrogen and oxygen atoms in total. The molecule has 0 saturated heterocycles. The van der Waals surface area contributed by atoms with E-state index in [9.17, 15) is 18.3 Å². The highest BCUT2D eigenvalue weighted by atomic mass is 32.2. The summed E-state index contributed by atoms with van der Waals surface area (Å²) in [6, 6.07) is 21.3. The second-order valence-electron chi connectivity index (χ2n) is 10.2. The van der Waals surface area contributed by atoms with Gasteiger partial charge in [-0.25, -0.2) is 18.1 Å². The van der Waals surface area contributed by atoms with E-state index in [1.165, 1.54) is 0 Å². The molecule has 2 N–H and O–H groups in total. The fourth-order valence-electron chi connectivity index (χ4n) is 5.10. The highest BCUT2D eigenvalue weighted by Gasteiger charge is 2.35. The quantitative estimate of drug-likeness (QED) is 0.305. The zero-order valence-electron chi connectivity index (χ0n) is 22.7. The Bertz CT molecular complexity index is 1580. The van der Waals surface area contributed by atoms with Crippen LogP contribution in [0.5, 0.6) is 0 Å². The van der Waals surface area contributed by atoms with E-state index < -0.39 is 22.2 Å². The lowest BCUT2D eigenvalue weighted by atomic mass is 10.1. The van der Waals surface area contributed by atoms with Crippen molar-refractivity contribution < 1.29 is 18.3 Å². The summed E-state index contributed by atoms with van der Waals surface area (Å²) in [4.78, 5) is 19.8. The maximum Gasteiger partial charge on any atom is 0.241 e. The average molecular weight is 559 g/mol. The van der Waals surface area contributed by atoms with E-state index in [2.05, 4.69) is 9.71 Å². The first kappa shape index (κ1) is 27.8. The number of rotatable bonds is 10. The number of imidazole rings is 1. The van der Waals surface area contributed by atoms with Crippen LogP contribution in [0.4, 0.5) is 5.69 Å². The largest absolute Gasteiger partial charge is 0.391 e. The molecule has 9 heteroatoms. The highest BCUT2D eigenvalue weighted by Crippen LogP contribution is 2.36. The number of carbonyl (C=O) groups is 1. The molecule has 3 aromatic carbocycles. The molecule has 5 rings (SSSR count). The summed E-state index contributed by atoms with van der Waals surface area (Å²) in [5.41, 5.74) is 4.26. The Hall–Kier alpha value is -3.79. The number of nitrogens with one attached hydrogen (secondary N) is 1. The van der Waals surface area contributed by atoms with Crippen LogP contribution in [0.25, 0.3) is 0 Å². The number of sulfonamides is 1. The molecule has 1 amide bonds. The fraction of sp³-hybridized carbons (Fsp3) is 0.290. The van der Waals surface area contributed by atoms with Crippen LogP contribution in [0, 0.1) is 0 Å². The van der Waals surface area contributed by atoms with E-state index in [1.54, 1.807) is 35.4 Å². The zero-order valence-corrected chi connectivity index (χ0v) is 23.5. The molecule has 1 aliphatic carbocycles. The smallest absolute Gasteiger partial charge is 0.241 e. The molecule has 1 unspecified atom stereocenters. The molecular weight excluding hydrogens is 524 g/mol. The van der Waals surface area contributed by atoms with Gasteiger partial charge in [-0.05, 0) is 59.4 Å². The van der Waals surface area contributed by atoms with Crippen LogP contribution in [0.2, 0.25) is 0 Å². The number of aryl methyl sites for hydroxylation is 3. The molecule has 1 aromatic heterocycles. The Labute approximate surface area is 235 Å². The molecule has 2 atom stereocenters. The number of hydrogen-bond donors (Lipinski definition) is 2. The zero-order chi connectivity index (χ0) is 28.3. The van der Waals surface area contributed by atoms with Crippen LogP contribution in [0.3, 0.4) is 0 Å². The molecule has 40 heavy (non-hydrogen) atoms. The van der Waals surface area contributed by atoms with Gasteiger partial charge >= 0.3 is 0 Å². The lowest BCUT2D eigenvalue weighted by Gasteiger charge is -2.25. The number of benzene rings is 3. The molecule has 0 fully saturated rings. The van der Waals surface area contributed by atoms with E-state index in [-0.39, 0.29) is 17.3 Å². The monoisotopic (exact) mass is 558 g/mol. The number of fused-ring (bicyclic) bond motifs is 1. The van der Waals surface area contributed by atoms with Crippen molar-refractivity contribution in [3.05, 3.63) is 113 Å². The van der Waals surface area contributed by atoms with Gasteiger partial charge in [0, 0.05) is 38.0 Å². The normalized spacial score (nSPS) is 16.6. The number of nitrogens with zero attached hydrogens (tertiary/aromatic N) is 3. The van der Waals surface area contributed by atoms with E-state index in [4.69, 9.17) is 0 Å². The molecule has 1 heterocycles. The number of hydrogen-bond acceptors (Lipinski definition) is 5. The predicted molar refractivity (Wildman–Crippen MR) is 154 cm³/mol. The summed E-state index contributed by atoms with van der Waals surface area (Å²) in [6.45, 7) is 2.27. The maximum absolute atomic E-state index is 13.6. The van der Waals surface area contributed by atoms with Crippen molar-refractivity contribution in [3.63, 3.8) is 0 Å². The molecular formula is C31H34N4O4S. The summed E-state index contributed by atoms with van der Waals surface area (Å²) < 4.78 is 31.1. The minimum atomic E-state index is -3.88. The van der Waals surface area contributed by atoms with Crippen molar-refractivity contribution in [2.45, 2.75) is 56.2 Å². The van der Waals surface area contributed by atoms with Crippen molar-refractivity contribution in [1.82, 2.24) is 14.3 Å². The standard InChI is InChI=1S/C31H34N4O4S/c1-3-22-9-14-26(15-10-22)40(38,39)33-31-27-20-25(13-12-24(27)19-28(31)36)35(21-29-32-17-18-34(29)2)30(37)16-11-23-7-5-4-6-8-23/h4-10,12-15,17-18,20,28,31,33,36H,3,11,16,19,21H2,1-2H3/t28-,31?/m1/s1. The number of aliphatic hydroxyl groups excluding tert-OH is 1. The minimum absolute atomic E-state index is 0.0708. The average Bonchev–Trinajstić information content (AvgIpc) is 3.51. The summed E-state index contributed by atoms with van der Waals surface area (Å²) in [7, 11) is -2.00. The van der Waals surface area contributed by atoms with Gasteiger partial charge in [-0.2, -0.15) is 0 Å². The van der Waals surface area contributed by atoms with Gasteiger partial charge in [0.1, 0.15) is 5.82 Å². The Balaban J connectivity index is 1.43. The van der Waals surface area contributed by atoms with Gasteiger partial charge in [-0.3, -0.25) is 4.79 Å². The number of anilines is 1. The number of amides is 1. The molecule has 4 aromatic rings. The van der Waals surface area contributed by atoms with Gasteiger partial charge in [0.2, 0.25) is 15.9 Å². The topological polar surface area (TPSA) is 105 Å². The number of carbonyl (C=O) groups excluding carboxylic acids is 1. The Kier molecular flexibility index (Phi) is 8.16. The molecule has 0 radical (unpaired) electrons. The van der Waals surface area contributed by atoms with E-state index in [0.717, 1.165) is 28.9 Å². The van der Waals surface area contributed by atoms with Crippen LogP contribution in [-0.4, -0.2) is 35.1 Å². The van der Waals surface area contributed by atoms with Gasteiger partial charge in [-0.15, -0.1) is 0 Å². The third-order valence-electron chi connectivity index (χ3n) is 7.51. The Morgan fingerprint density at radius 2 is 1.82 bits per heavy atom. The van der Waals surface area contributed by atoms with Crippen LogP contribution in [0.15, 0.2) is 90.1 Å². The second kappa shape index (κ2) is 11.8. The fourth-order valence-corrected chi connectivity index (χ4v) is 6.35. The van der Waals surface area contributed by atoms with Crippen LogP contribution in [0.1, 0.15) is 47.5 Å². The van der Waals surface area contributed by atoms with E-state index in [1.807, 2.05) is 73.3 Å². The summed E-state index contributed by atoms with van der Waals surface area (Å²) >= 11 is 0.